The molecule has 174 valence electrons. The molecule has 0 atom stereocenters. The summed E-state index contributed by atoms with van der Waals surface area (Å²) >= 11 is 5.83. The highest BCUT2D eigenvalue weighted by Gasteiger charge is 2.89. The van der Waals surface area contributed by atoms with Crippen LogP contribution >= 0.6 is 35.7 Å². The molecule has 0 aliphatic carbocycles. The molecule has 0 saturated heterocycles. The number of halogens is 11. The molecule has 0 amide bonds. The van der Waals surface area contributed by atoms with Crippen LogP contribution in [0.3, 0.4) is 0 Å². The van der Waals surface area contributed by atoms with Crippen molar-refractivity contribution in [2.24, 2.45) is 0 Å². The van der Waals surface area contributed by atoms with Gasteiger partial charge in [-0.2, -0.15) is 43.9 Å². The molecule has 0 fully saturated rings. The van der Waals surface area contributed by atoms with Crippen molar-refractivity contribution in [2.45, 2.75) is 51.4 Å². The zero-order chi connectivity index (χ0) is 23.6. The van der Waals surface area contributed by atoms with Gasteiger partial charge in [0.05, 0.1) is 19.4 Å². The second kappa shape index (κ2) is 9.22. The summed E-state index contributed by atoms with van der Waals surface area (Å²) in [5.41, 5.74) is -7.52. The summed E-state index contributed by atoms with van der Waals surface area (Å²) < 4.78 is 146. The van der Waals surface area contributed by atoms with Crippen LogP contribution < -0.4 is 0 Å². The number of hydrogen-bond acceptors (Lipinski definition) is 7. The first-order chi connectivity index (χ1) is 13.4. The third kappa shape index (κ3) is 5.60. The van der Waals surface area contributed by atoms with Crippen LogP contribution in [0.2, 0.25) is 0 Å². The fourth-order valence-corrected chi connectivity index (χ4v) is 3.85. The van der Waals surface area contributed by atoms with Gasteiger partial charge < -0.3 is 4.74 Å². The lowest BCUT2D eigenvalue weighted by molar-refractivity contribution is -0.427. The van der Waals surface area contributed by atoms with E-state index in [9.17, 15) is 53.1 Å². The number of thioether (sulfide) groups is 1. The second-order valence-corrected chi connectivity index (χ2v) is 8.40. The van der Waals surface area contributed by atoms with Crippen molar-refractivity contribution in [2.75, 3.05) is 12.4 Å². The van der Waals surface area contributed by atoms with E-state index in [0.29, 0.717) is 8.68 Å². The van der Waals surface area contributed by atoms with Gasteiger partial charge in [-0.1, -0.05) is 23.1 Å². The number of carbonyl (C=O) groups excluding carboxylic acids is 1. The monoisotopic (exact) mass is 518 g/mol. The molecule has 0 saturated carbocycles. The van der Waals surface area contributed by atoms with Gasteiger partial charge in [0.2, 0.25) is 0 Å². The van der Waals surface area contributed by atoms with Crippen molar-refractivity contribution >= 4 is 41.7 Å². The van der Waals surface area contributed by atoms with E-state index in [1.165, 1.54) is 0 Å². The summed E-state index contributed by atoms with van der Waals surface area (Å²) in [6.45, 7) is -1.68. The van der Waals surface area contributed by atoms with Crippen LogP contribution in [0, 0.1) is 0 Å². The summed E-state index contributed by atoms with van der Waals surface area (Å²) in [4.78, 5) is 11.3. The predicted molar refractivity (Wildman–Crippen MR) is 83.9 cm³/mol. The number of nitrogens with zero attached hydrogens (tertiary/aromatic N) is 2. The van der Waals surface area contributed by atoms with Gasteiger partial charge in [0.1, 0.15) is 0 Å². The summed E-state index contributed by atoms with van der Waals surface area (Å²) in [6, 6.07) is 0. The minimum Gasteiger partial charge on any atom is -0.465 e. The first-order valence-corrected chi connectivity index (χ1v) is 9.50. The highest BCUT2D eigenvalue weighted by molar-refractivity contribution is 8.01. The molecule has 0 aromatic carbocycles. The fraction of sp³-hybridized carbons (Fsp3) is 0.750. The van der Waals surface area contributed by atoms with Crippen LogP contribution in [-0.2, 0) is 9.53 Å². The Kier molecular flexibility index (Phi) is 8.29. The Hall–Kier alpha value is -1.04. The Balaban J connectivity index is 2.71. The van der Waals surface area contributed by atoms with E-state index in [1.54, 1.807) is 0 Å². The molecule has 0 bridgehead atoms. The van der Waals surface area contributed by atoms with Gasteiger partial charge >= 0.3 is 35.8 Å². The maximum absolute atomic E-state index is 13.5. The number of thiol groups is 1. The third-order valence-electron chi connectivity index (χ3n) is 3.28. The van der Waals surface area contributed by atoms with Gasteiger partial charge in [-0.3, -0.25) is 4.79 Å². The van der Waals surface area contributed by atoms with E-state index in [0.717, 1.165) is 23.1 Å². The highest BCUT2D eigenvalue weighted by atomic mass is 32.2. The number of rotatable bonds is 9. The van der Waals surface area contributed by atoms with E-state index in [1.807, 2.05) is 0 Å². The molecule has 18 heteroatoms. The van der Waals surface area contributed by atoms with Crippen LogP contribution in [0.4, 0.5) is 48.3 Å². The number of carbonyl (C=O) groups is 1. The van der Waals surface area contributed by atoms with E-state index < -0.39 is 55.3 Å². The molecule has 0 N–H and O–H groups in total. The third-order valence-corrected chi connectivity index (χ3v) is 5.50. The largest absolute Gasteiger partial charge is 0.465 e. The predicted octanol–water partition coefficient (Wildman–Crippen LogP) is 5.35. The van der Waals surface area contributed by atoms with E-state index in [-0.39, 0.29) is 5.75 Å². The van der Waals surface area contributed by atoms with Crippen molar-refractivity contribution < 1.29 is 57.8 Å². The van der Waals surface area contributed by atoms with Crippen molar-refractivity contribution in [1.29, 1.82) is 0 Å². The minimum atomic E-state index is -7.52. The molecule has 4 nitrogen and oxygen atoms in total. The first kappa shape index (κ1) is 27.0. The van der Waals surface area contributed by atoms with Crippen LogP contribution in [0.25, 0.3) is 0 Å². The molecule has 1 aromatic heterocycles. The Bertz CT molecular complexity index is 722. The Morgan fingerprint density at radius 1 is 0.967 bits per heavy atom. The second-order valence-electron chi connectivity index (χ2n) is 5.35. The molecule has 0 aliphatic rings. The molecule has 30 heavy (non-hydrogen) atoms. The van der Waals surface area contributed by atoms with E-state index >= 15 is 0 Å². The van der Waals surface area contributed by atoms with Gasteiger partial charge in [-0.05, 0) is 0 Å². The standard InChI is InChI=1S/C12H9F11N2O2S3/c13-8(14,10(16,17)9(15,11(18,19)20)12(21,22)23)2-3-27-5(26)1-4-29-7-25-24-6(28)30-7/h1-4H2,(H,24,28). The van der Waals surface area contributed by atoms with Gasteiger partial charge in [0, 0.05) is 5.75 Å². The lowest BCUT2D eigenvalue weighted by atomic mass is 9.89. The highest BCUT2D eigenvalue weighted by Crippen LogP contribution is 2.59. The lowest BCUT2D eigenvalue weighted by Crippen LogP contribution is -2.70. The summed E-state index contributed by atoms with van der Waals surface area (Å²) in [5.74, 6) is -14.7. The molecule has 0 spiro atoms. The zero-order valence-corrected chi connectivity index (χ0v) is 16.5. The topological polar surface area (TPSA) is 52.1 Å². The van der Waals surface area contributed by atoms with Gasteiger partial charge in [-0.15, -0.1) is 22.8 Å². The SMILES string of the molecule is O=C(CCSc1nnc(S)s1)OCCC(F)(F)C(F)(F)C(F)(C(F)(F)F)C(F)(F)F. The zero-order valence-electron chi connectivity index (χ0n) is 14.0. The maximum atomic E-state index is 13.5. The number of hydrogen-bond donors (Lipinski definition) is 1. The molecular weight excluding hydrogens is 509 g/mol. The van der Waals surface area contributed by atoms with Gasteiger partial charge in [0.15, 0.2) is 8.68 Å². The number of aromatic nitrogens is 2. The molecule has 0 aliphatic heterocycles. The fourth-order valence-electron chi connectivity index (χ4n) is 1.77. The number of ether oxygens (including phenoxy) is 1. The van der Waals surface area contributed by atoms with Crippen LogP contribution in [0.15, 0.2) is 8.68 Å². The molecule has 0 radical (unpaired) electrons. The van der Waals surface area contributed by atoms with Crippen LogP contribution in [-0.4, -0.2) is 58.4 Å². The van der Waals surface area contributed by atoms with E-state index in [4.69, 9.17) is 0 Å². The average molecular weight is 518 g/mol. The maximum Gasteiger partial charge on any atom is 0.438 e. The minimum absolute atomic E-state index is 0.0520. The van der Waals surface area contributed by atoms with Crippen LogP contribution in [0.1, 0.15) is 12.8 Å². The molecular formula is C12H9F11N2O2S3. The smallest absolute Gasteiger partial charge is 0.438 e. The molecule has 1 rings (SSSR count). The Labute approximate surface area is 174 Å². The summed E-state index contributed by atoms with van der Waals surface area (Å²) in [5, 5.41) is 7.12. The Morgan fingerprint density at radius 2 is 1.50 bits per heavy atom. The van der Waals surface area contributed by atoms with Crippen LogP contribution in [0.5, 0.6) is 0 Å². The normalized spacial score (nSPS) is 14.1. The quantitative estimate of drug-likeness (QED) is 0.207. The van der Waals surface area contributed by atoms with Crippen molar-refractivity contribution in [3.05, 3.63) is 0 Å². The lowest BCUT2D eigenvalue weighted by Gasteiger charge is -2.39. The van der Waals surface area contributed by atoms with Crippen molar-refractivity contribution in [3.8, 4) is 0 Å². The molecule has 1 aromatic rings. The number of alkyl halides is 11. The first-order valence-electron chi connectivity index (χ1n) is 7.25. The van der Waals surface area contributed by atoms with Crippen molar-refractivity contribution in [1.82, 2.24) is 10.2 Å². The average Bonchev–Trinajstić information content (AvgIpc) is 2.96. The number of esters is 1. The Morgan fingerprint density at radius 3 is 1.93 bits per heavy atom. The van der Waals surface area contributed by atoms with Gasteiger partial charge in [-0.25, -0.2) is 4.39 Å². The van der Waals surface area contributed by atoms with E-state index in [2.05, 4.69) is 27.6 Å². The van der Waals surface area contributed by atoms with Gasteiger partial charge in [0.25, 0.3) is 0 Å². The molecule has 0 unspecified atom stereocenters. The molecule has 1 heterocycles. The summed E-state index contributed by atoms with van der Waals surface area (Å²) in [7, 11) is 0. The summed E-state index contributed by atoms with van der Waals surface area (Å²) in [6.07, 6.45) is -17.8. The van der Waals surface area contributed by atoms with Crippen molar-refractivity contribution in [3.63, 3.8) is 0 Å².